The number of ketones is 1. The number of cyclic esters (lactones) is 1. The SMILES string of the molecule is CC[C@H]1OC(=O)C[C@@H](O)[C@H](C)[C@@H](O[C@@H]2O[C@H](C)[C@@H](O)[C@H](N(C)C)[C@H]2O)[C@@H](CC(C(=O)NC(C)(C)C)N(CC)C(=O)c2ccccc2)C[C@@H](C)C(=O)/C=C/C(C)=C/[C@@H]1CO[C@H]1O[C@@H](C)[C@H](O)[C@H](OC)[C@@H]1OC. The van der Waals surface area contributed by atoms with E-state index in [4.69, 9.17) is 33.2 Å². The number of methoxy groups -OCH3 is 2. The Hall–Kier alpha value is -3.66. The van der Waals surface area contributed by atoms with Crippen molar-refractivity contribution < 1.29 is 72.8 Å². The first-order chi connectivity index (χ1) is 33.4. The zero-order chi connectivity index (χ0) is 53.1. The van der Waals surface area contributed by atoms with E-state index in [9.17, 15) is 39.6 Å². The lowest BCUT2D eigenvalue weighted by atomic mass is 9.77. The smallest absolute Gasteiger partial charge is 0.308 e. The standard InChI is InChI=1S/C53H85N3O15/c1-15-40-36(28-67-52-48(66-14)47(65-13)44(61)33(7)69-52)24-29(3)22-23-38(57)30(4)25-35(26-37(49(63)54-53(8,9)10)56(16-2)50(64)34-20-18-17-19-21-34)46(31(5)39(58)27-41(59)70-40)71-51-45(62)42(55(11)12)43(60)32(6)68-51/h17-24,30-33,35-37,39-40,42-48,51-52,58,60-62H,15-16,25-28H2,1-14H3,(H,54,63)/b23-22+,29-24+/t30-,31+,32-,33+,35-,36-,37?,39-,40-,42+,43-,44+,45-,46-,47+,48+,51+,52+/m1/s1. The highest BCUT2D eigenvalue weighted by atomic mass is 16.7. The van der Waals surface area contributed by atoms with Gasteiger partial charge in [0.15, 0.2) is 18.4 Å². The average molecular weight is 1000 g/mol. The summed E-state index contributed by atoms with van der Waals surface area (Å²) in [7, 11) is 6.35. The molecule has 0 bridgehead atoms. The molecular weight excluding hydrogens is 919 g/mol. The molecule has 0 aromatic heterocycles. The van der Waals surface area contributed by atoms with Crippen molar-refractivity contribution in [3.63, 3.8) is 0 Å². The number of allylic oxidation sites excluding steroid dienone is 3. The zero-order valence-electron chi connectivity index (χ0n) is 44.4. The molecule has 0 radical (unpaired) electrons. The first-order valence-electron chi connectivity index (χ1n) is 25.2. The van der Waals surface area contributed by atoms with Crippen molar-refractivity contribution in [1.29, 1.82) is 0 Å². The summed E-state index contributed by atoms with van der Waals surface area (Å²) >= 11 is 0. The number of carbonyl (C=O) groups is 4. The van der Waals surface area contributed by atoms with Gasteiger partial charge in [-0.3, -0.25) is 19.2 Å². The number of ether oxygens (including phenoxy) is 7. The highest BCUT2D eigenvalue weighted by Crippen LogP contribution is 2.37. The van der Waals surface area contributed by atoms with Gasteiger partial charge in [-0.25, -0.2) is 0 Å². The fourth-order valence-electron chi connectivity index (χ4n) is 10.0. The van der Waals surface area contributed by atoms with Crippen LogP contribution >= 0.6 is 0 Å². The number of nitrogens with one attached hydrogen (secondary N) is 1. The monoisotopic (exact) mass is 1000 g/mol. The number of carbonyl (C=O) groups excluding carboxylic acids is 4. The normalized spacial score (nSPS) is 36.5. The molecule has 3 heterocycles. The van der Waals surface area contributed by atoms with E-state index in [0.717, 1.165) is 0 Å². The zero-order valence-corrected chi connectivity index (χ0v) is 44.4. The van der Waals surface area contributed by atoms with Gasteiger partial charge in [0.25, 0.3) is 5.91 Å². The molecule has 18 nitrogen and oxygen atoms in total. The summed E-state index contributed by atoms with van der Waals surface area (Å²) < 4.78 is 42.7. The van der Waals surface area contributed by atoms with E-state index in [0.29, 0.717) is 17.6 Å². The maximum atomic E-state index is 14.6. The molecule has 2 fully saturated rings. The molecule has 3 aliphatic heterocycles. The molecule has 5 N–H and O–H groups in total. The molecule has 71 heavy (non-hydrogen) atoms. The highest BCUT2D eigenvalue weighted by Gasteiger charge is 2.49. The molecule has 18 atom stereocenters. The Kier molecular flexibility index (Phi) is 22.8. The number of rotatable bonds is 15. The Morgan fingerprint density at radius 1 is 0.859 bits per heavy atom. The number of aliphatic hydroxyl groups excluding tert-OH is 4. The third kappa shape index (κ3) is 15.9. The second kappa shape index (κ2) is 27.0. The van der Waals surface area contributed by atoms with Crippen LogP contribution < -0.4 is 5.32 Å². The van der Waals surface area contributed by atoms with Crippen molar-refractivity contribution in [1.82, 2.24) is 15.1 Å². The molecule has 3 aliphatic rings. The lowest BCUT2D eigenvalue weighted by Crippen LogP contribution is -2.63. The summed E-state index contributed by atoms with van der Waals surface area (Å²) in [5.41, 5.74) is 0.310. The third-order valence-corrected chi connectivity index (χ3v) is 14.0. The lowest BCUT2D eigenvalue weighted by molar-refractivity contribution is -0.304. The number of aliphatic hydroxyl groups is 4. The van der Waals surface area contributed by atoms with Gasteiger partial charge in [-0.1, -0.05) is 56.7 Å². The van der Waals surface area contributed by atoms with Crippen LogP contribution in [0.25, 0.3) is 0 Å². The van der Waals surface area contributed by atoms with Crippen LogP contribution in [0.4, 0.5) is 0 Å². The molecule has 402 valence electrons. The van der Waals surface area contributed by atoms with Crippen LogP contribution in [0.1, 0.15) is 105 Å². The number of nitrogens with zero attached hydrogens (tertiary/aromatic N) is 2. The topological polar surface area (TPSA) is 232 Å². The second-order valence-electron chi connectivity index (χ2n) is 20.9. The molecule has 4 rings (SSSR count). The summed E-state index contributed by atoms with van der Waals surface area (Å²) in [5, 5.41) is 49.0. The van der Waals surface area contributed by atoms with E-state index in [2.05, 4.69) is 5.32 Å². The summed E-state index contributed by atoms with van der Waals surface area (Å²) in [4.78, 5) is 60.7. The van der Waals surface area contributed by atoms with Crippen LogP contribution in [0.15, 0.2) is 54.1 Å². The molecule has 0 aliphatic carbocycles. The first-order valence-corrected chi connectivity index (χ1v) is 25.2. The number of hydrogen-bond donors (Lipinski definition) is 5. The lowest BCUT2D eigenvalue weighted by Gasteiger charge is -2.47. The van der Waals surface area contributed by atoms with Crippen molar-refractivity contribution in [3.05, 3.63) is 59.7 Å². The fourth-order valence-corrected chi connectivity index (χ4v) is 10.0. The van der Waals surface area contributed by atoms with Gasteiger partial charge >= 0.3 is 5.97 Å². The number of hydrogen-bond acceptors (Lipinski definition) is 16. The van der Waals surface area contributed by atoms with E-state index in [1.807, 2.05) is 40.7 Å². The Balaban J connectivity index is 1.85. The van der Waals surface area contributed by atoms with Gasteiger partial charge < -0.3 is 68.7 Å². The number of benzene rings is 1. The van der Waals surface area contributed by atoms with Gasteiger partial charge in [-0.05, 0) is 106 Å². The molecule has 0 spiro atoms. The number of amides is 2. The van der Waals surface area contributed by atoms with E-state index in [-0.39, 0.29) is 31.8 Å². The molecule has 0 saturated carbocycles. The summed E-state index contributed by atoms with van der Waals surface area (Å²) in [5.74, 6) is -4.91. The van der Waals surface area contributed by atoms with Crippen molar-refractivity contribution in [2.75, 3.05) is 41.5 Å². The quantitative estimate of drug-likeness (QED) is 0.157. The minimum Gasteiger partial charge on any atom is -0.462 e. The molecule has 2 amide bonds. The largest absolute Gasteiger partial charge is 0.462 e. The fraction of sp³-hybridized carbons (Fsp3) is 0.736. The summed E-state index contributed by atoms with van der Waals surface area (Å²) in [6, 6.07) is 6.64. The Morgan fingerprint density at radius 2 is 1.48 bits per heavy atom. The van der Waals surface area contributed by atoms with Crippen LogP contribution in [0.2, 0.25) is 0 Å². The van der Waals surface area contributed by atoms with Gasteiger partial charge in [-0.15, -0.1) is 0 Å². The predicted octanol–water partition coefficient (Wildman–Crippen LogP) is 3.81. The van der Waals surface area contributed by atoms with Crippen molar-refractivity contribution in [2.24, 2.45) is 23.7 Å². The first kappa shape index (κ1) is 59.9. The predicted molar refractivity (Wildman–Crippen MR) is 265 cm³/mol. The molecule has 18 heteroatoms. The van der Waals surface area contributed by atoms with Gasteiger partial charge in [0.1, 0.15) is 36.6 Å². The van der Waals surface area contributed by atoms with Crippen LogP contribution in [0.5, 0.6) is 0 Å². The minimum atomic E-state index is -1.45. The second-order valence-corrected chi connectivity index (χ2v) is 20.9. The molecular formula is C53H85N3O15. The van der Waals surface area contributed by atoms with E-state index in [1.165, 1.54) is 25.2 Å². The number of likely N-dealkylation sites (N-methyl/N-ethyl adjacent to an activating group) is 2. The van der Waals surface area contributed by atoms with E-state index >= 15 is 0 Å². The molecule has 2 saturated heterocycles. The van der Waals surface area contributed by atoms with Crippen LogP contribution in [-0.2, 0) is 47.5 Å². The summed E-state index contributed by atoms with van der Waals surface area (Å²) in [6.45, 7) is 17.8. The third-order valence-electron chi connectivity index (χ3n) is 14.0. The summed E-state index contributed by atoms with van der Waals surface area (Å²) in [6.07, 6.45) is -7.38. The van der Waals surface area contributed by atoms with Gasteiger partial charge in [-0.2, -0.15) is 0 Å². The maximum Gasteiger partial charge on any atom is 0.308 e. The molecule has 1 aromatic carbocycles. The molecule has 1 aromatic rings. The maximum absolute atomic E-state index is 14.6. The van der Waals surface area contributed by atoms with Crippen LogP contribution in [-0.4, -0.2) is 187 Å². The van der Waals surface area contributed by atoms with Crippen molar-refractivity contribution in [2.45, 2.75) is 186 Å². The van der Waals surface area contributed by atoms with E-state index in [1.54, 1.807) is 90.0 Å². The van der Waals surface area contributed by atoms with Crippen molar-refractivity contribution in [3.8, 4) is 0 Å². The van der Waals surface area contributed by atoms with Crippen molar-refractivity contribution >= 4 is 23.6 Å². The number of esters is 1. The average Bonchev–Trinajstić information content (AvgIpc) is 3.31. The van der Waals surface area contributed by atoms with Gasteiger partial charge in [0.2, 0.25) is 5.91 Å². The Bertz CT molecular complexity index is 1930. The Labute approximate surface area is 421 Å². The van der Waals surface area contributed by atoms with Crippen LogP contribution in [0.3, 0.4) is 0 Å². The van der Waals surface area contributed by atoms with Gasteiger partial charge in [0.05, 0.1) is 49.6 Å². The Morgan fingerprint density at radius 3 is 2.06 bits per heavy atom. The minimum absolute atomic E-state index is 0.0298. The van der Waals surface area contributed by atoms with E-state index < -0.39 is 139 Å². The molecule has 1 unspecified atom stereocenters. The van der Waals surface area contributed by atoms with Gasteiger partial charge in [0, 0.05) is 49.6 Å². The highest BCUT2D eigenvalue weighted by molar-refractivity contribution is 5.97. The van der Waals surface area contributed by atoms with Crippen LogP contribution in [0, 0.1) is 23.7 Å².